The highest BCUT2D eigenvalue weighted by atomic mass is 16.5. The molecule has 3 rings (SSSR count). The van der Waals surface area contributed by atoms with Crippen molar-refractivity contribution in [1.82, 2.24) is 0 Å². The minimum absolute atomic E-state index is 0.150. The molecule has 0 aromatic heterocycles. The molecule has 25 heavy (non-hydrogen) atoms. The minimum Gasteiger partial charge on any atom is -0.491 e. The van der Waals surface area contributed by atoms with Gasteiger partial charge in [0.25, 0.3) is 0 Å². The van der Waals surface area contributed by atoms with Crippen molar-refractivity contribution in [2.75, 3.05) is 31.3 Å². The van der Waals surface area contributed by atoms with Crippen LogP contribution < -0.4 is 9.64 Å². The molecule has 2 aromatic carbocycles. The summed E-state index contributed by atoms with van der Waals surface area (Å²) in [6, 6.07) is 18.7. The highest BCUT2D eigenvalue weighted by molar-refractivity contribution is 5.59. The van der Waals surface area contributed by atoms with Crippen molar-refractivity contribution < 1.29 is 9.47 Å². The fourth-order valence-electron chi connectivity index (χ4n) is 3.86. The average molecular weight is 339 g/mol. The number of nitrogens with zero attached hydrogens (tertiary/aromatic N) is 1. The summed E-state index contributed by atoms with van der Waals surface area (Å²) in [4.78, 5) is 2.50. The Kier molecular flexibility index (Phi) is 5.64. The van der Waals surface area contributed by atoms with Crippen LogP contribution >= 0.6 is 0 Å². The summed E-state index contributed by atoms with van der Waals surface area (Å²) < 4.78 is 11.5. The van der Waals surface area contributed by atoms with E-state index in [4.69, 9.17) is 9.47 Å². The Labute approximate surface area is 151 Å². The maximum atomic E-state index is 5.83. The molecule has 0 radical (unpaired) electrons. The molecule has 3 nitrogen and oxygen atoms in total. The lowest BCUT2D eigenvalue weighted by Crippen LogP contribution is -2.49. The number of benzene rings is 2. The molecule has 0 bridgehead atoms. The summed E-state index contributed by atoms with van der Waals surface area (Å²) in [5.74, 6) is 1.49. The van der Waals surface area contributed by atoms with Crippen molar-refractivity contribution >= 4 is 5.69 Å². The first-order valence-electron chi connectivity index (χ1n) is 9.20. The summed E-state index contributed by atoms with van der Waals surface area (Å²) in [5, 5.41) is 0. The smallest absolute Gasteiger partial charge is 0.119 e. The van der Waals surface area contributed by atoms with Crippen LogP contribution in [0.3, 0.4) is 0 Å². The van der Waals surface area contributed by atoms with E-state index in [1.54, 1.807) is 0 Å². The first-order chi connectivity index (χ1) is 12.1. The molecule has 134 valence electrons. The van der Waals surface area contributed by atoms with Gasteiger partial charge in [-0.15, -0.1) is 0 Å². The topological polar surface area (TPSA) is 21.7 Å². The van der Waals surface area contributed by atoms with E-state index >= 15 is 0 Å². The van der Waals surface area contributed by atoms with Crippen molar-refractivity contribution in [3.05, 3.63) is 60.2 Å². The lowest BCUT2D eigenvalue weighted by Gasteiger charge is -2.47. The van der Waals surface area contributed by atoms with Crippen LogP contribution in [0.15, 0.2) is 54.6 Å². The number of hydrogen-bond acceptors (Lipinski definition) is 3. The predicted octanol–water partition coefficient (Wildman–Crippen LogP) is 4.87. The minimum atomic E-state index is 0.150. The van der Waals surface area contributed by atoms with Gasteiger partial charge in [-0.3, -0.25) is 0 Å². The van der Waals surface area contributed by atoms with Gasteiger partial charge in [0.1, 0.15) is 12.4 Å². The van der Waals surface area contributed by atoms with Gasteiger partial charge in [-0.25, -0.2) is 0 Å². The van der Waals surface area contributed by atoms with E-state index in [-0.39, 0.29) is 5.54 Å². The molecule has 3 heteroatoms. The molecule has 1 aliphatic heterocycles. The molecule has 0 spiro atoms. The second-order valence-electron chi connectivity index (χ2n) is 7.40. The zero-order valence-corrected chi connectivity index (χ0v) is 15.6. The Morgan fingerprint density at radius 3 is 2.48 bits per heavy atom. The Morgan fingerprint density at radius 1 is 0.960 bits per heavy atom. The van der Waals surface area contributed by atoms with Crippen LogP contribution in [0.4, 0.5) is 5.69 Å². The standard InChI is InChI=1S/C22H29NO2/c1-18-17-22(2,3)23(21-12-8-7-11-20(18)21)13-14-24-15-16-25-19-9-5-4-6-10-19/h4-12,18H,13-17H2,1-3H3. The molecule has 0 saturated heterocycles. The molecule has 1 atom stereocenters. The van der Waals surface area contributed by atoms with Crippen LogP contribution in [0.25, 0.3) is 0 Å². The van der Waals surface area contributed by atoms with Crippen molar-refractivity contribution in [3.8, 4) is 5.75 Å². The summed E-state index contributed by atoms with van der Waals surface area (Å²) in [7, 11) is 0. The predicted molar refractivity (Wildman–Crippen MR) is 104 cm³/mol. The second kappa shape index (κ2) is 7.92. The number of anilines is 1. The first-order valence-corrected chi connectivity index (χ1v) is 9.20. The van der Waals surface area contributed by atoms with Crippen LogP contribution in [-0.2, 0) is 4.74 Å². The summed E-state index contributed by atoms with van der Waals surface area (Å²) in [6.07, 6.45) is 1.17. The van der Waals surface area contributed by atoms with Crippen molar-refractivity contribution in [2.45, 2.75) is 38.6 Å². The Hall–Kier alpha value is -2.00. The van der Waals surface area contributed by atoms with Gasteiger partial charge in [0, 0.05) is 17.8 Å². The van der Waals surface area contributed by atoms with Crippen LogP contribution in [0, 0.1) is 0 Å². The zero-order chi connectivity index (χ0) is 17.7. The Morgan fingerprint density at radius 2 is 1.68 bits per heavy atom. The fraction of sp³-hybridized carbons (Fsp3) is 0.455. The van der Waals surface area contributed by atoms with Crippen molar-refractivity contribution in [3.63, 3.8) is 0 Å². The average Bonchev–Trinajstić information content (AvgIpc) is 2.60. The quantitative estimate of drug-likeness (QED) is 0.672. The Balaban J connectivity index is 1.49. The molecule has 0 saturated carbocycles. The normalized spacial score (nSPS) is 18.7. The molecule has 1 unspecified atom stereocenters. The summed E-state index contributed by atoms with van der Waals surface area (Å²) in [5.41, 5.74) is 2.96. The molecule has 0 fully saturated rings. The monoisotopic (exact) mass is 339 g/mol. The van der Waals surface area contributed by atoms with Gasteiger partial charge in [0.05, 0.1) is 13.2 Å². The number of para-hydroxylation sites is 2. The molecular formula is C22H29NO2. The largest absolute Gasteiger partial charge is 0.491 e. The molecule has 0 amide bonds. The Bertz CT molecular complexity index is 669. The third-order valence-electron chi connectivity index (χ3n) is 4.99. The van der Waals surface area contributed by atoms with E-state index < -0.39 is 0 Å². The van der Waals surface area contributed by atoms with Gasteiger partial charge in [0.2, 0.25) is 0 Å². The van der Waals surface area contributed by atoms with Gasteiger partial charge >= 0.3 is 0 Å². The SMILES string of the molecule is CC1CC(C)(C)N(CCOCCOc2ccccc2)c2ccccc21. The lowest BCUT2D eigenvalue weighted by molar-refractivity contribution is 0.102. The fourth-order valence-corrected chi connectivity index (χ4v) is 3.86. The molecule has 1 heterocycles. The molecule has 2 aromatic rings. The van der Waals surface area contributed by atoms with Crippen molar-refractivity contribution in [2.24, 2.45) is 0 Å². The molecule has 0 N–H and O–H groups in total. The van der Waals surface area contributed by atoms with Crippen LogP contribution in [-0.4, -0.2) is 31.9 Å². The highest BCUT2D eigenvalue weighted by Crippen LogP contribution is 2.42. The first kappa shape index (κ1) is 17.8. The summed E-state index contributed by atoms with van der Waals surface area (Å²) >= 11 is 0. The van der Waals surface area contributed by atoms with Gasteiger partial charge in [-0.05, 0) is 49.9 Å². The molecule has 1 aliphatic rings. The molecular weight excluding hydrogens is 310 g/mol. The van der Waals surface area contributed by atoms with Crippen LogP contribution in [0.1, 0.15) is 38.7 Å². The van der Waals surface area contributed by atoms with Gasteiger partial charge in [0.15, 0.2) is 0 Å². The third kappa shape index (κ3) is 4.35. The van der Waals surface area contributed by atoms with E-state index in [1.807, 2.05) is 30.3 Å². The van der Waals surface area contributed by atoms with Gasteiger partial charge < -0.3 is 14.4 Å². The number of fused-ring (bicyclic) bond motifs is 1. The lowest BCUT2D eigenvalue weighted by atomic mass is 9.80. The van der Waals surface area contributed by atoms with Gasteiger partial charge in [-0.2, -0.15) is 0 Å². The van der Waals surface area contributed by atoms with Crippen LogP contribution in [0.5, 0.6) is 5.75 Å². The van der Waals surface area contributed by atoms with E-state index in [0.29, 0.717) is 25.7 Å². The zero-order valence-electron chi connectivity index (χ0n) is 15.6. The second-order valence-corrected chi connectivity index (χ2v) is 7.40. The van der Waals surface area contributed by atoms with Crippen LogP contribution in [0.2, 0.25) is 0 Å². The highest BCUT2D eigenvalue weighted by Gasteiger charge is 2.35. The molecule has 0 aliphatic carbocycles. The van der Waals surface area contributed by atoms with Crippen molar-refractivity contribution in [1.29, 1.82) is 0 Å². The van der Waals surface area contributed by atoms with E-state index in [0.717, 1.165) is 12.3 Å². The van der Waals surface area contributed by atoms with E-state index in [9.17, 15) is 0 Å². The maximum Gasteiger partial charge on any atom is 0.119 e. The number of rotatable bonds is 7. The van der Waals surface area contributed by atoms with E-state index in [1.165, 1.54) is 17.7 Å². The maximum absolute atomic E-state index is 5.83. The number of hydrogen-bond donors (Lipinski definition) is 0. The van der Waals surface area contributed by atoms with E-state index in [2.05, 4.69) is 49.9 Å². The number of ether oxygens (including phenoxy) is 2. The summed E-state index contributed by atoms with van der Waals surface area (Å²) in [6.45, 7) is 9.81. The van der Waals surface area contributed by atoms with Gasteiger partial charge in [-0.1, -0.05) is 43.3 Å². The third-order valence-corrected chi connectivity index (χ3v) is 4.99.